The minimum absolute atomic E-state index is 0.129. The van der Waals surface area contributed by atoms with Gasteiger partial charge in [0.05, 0.1) is 0 Å². The van der Waals surface area contributed by atoms with Crippen molar-refractivity contribution in [3.63, 3.8) is 0 Å². The van der Waals surface area contributed by atoms with E-state index in [0.29, 0.717) is 24.8 Å². The molecule has 0 radical (unpaired) electrons. The van der Waals surface area contributed by atoms with E-state index >= 15 is 0 Å². The number of carbonyl (C=O) groups is 2. The summed E-state index contributed by atoms with van der Waals surface area (Å²) in [5, 5.41) is 0. The van der Waals surface area contributed by atoms with Crippen LogP contribution in [0.2, 0.25) is 0 Å². The van der Waals surface area contributed by atoms with Gasteiger partial charge in [0, 0.05) is 63.4 Å². The van der Waals surface area contributed by atoms with Gasteiger partial charge in [0.1, 0.15) is 5.82 Å². The molecule has 0 aromatic carbocycles. The van der Waals surface area contributed by atoms with Gasteiger partial charge in [0.25, 0.3) is 0 Å². The Bertz CT molecular complexity index is 624. The third-order valence-corrected chi connectivity index (χ3v) is 5.98. The molecule has 0 atom stereocenters. The van der Waals surface area contributed by atoms with Crippen LogP contribution in [0, 0.1) is 0 Å². The van der Waals surface area contributed by atoms with Crippen LogP contribution in [0.25, 0.3) is 0 Å². The summed E-state index contributed by atoms with van der Waals surface area (Å²) in [6, 6.07) is 0.409. The van der Waals surface area contributed by atoms with Crippen molar-refractivity contribution in [2.45, 2.75) is 77.2 Å². The van der Waals surface area contributed by atoms with Crippen LogP contribution < -0.4 is 0 Å². The zero-order valence-electron chi connectivity index (χ0n) is 16.9. The Morgan fingerprint density at radius 2 is 1.52 bits per heavy atom. The van der Waals surface area contributed by atoms with Crippen molar-refractivity contribution in [1.82, 2.24) is 19.4 Å². The van der Waals surface area contributed by atoms with Crippen molar-refractivity contribution in [3.05, 3.63) is 18.2 Å². The topological polar surface area (TPSA) is 58.4 Å². The number of hydrogen-bond acceptors (Lipinski definition) is 3. The van der Waals surface area contributed by atoms with Crippen LogP contribution in [-0.4, -0.2) is 57.3 Å². The highest BCUT2D eigenvalue weighted by Crippen LogP contribution is 2.28. The highest BCUT2D eigenvalue weighted by Gasteiger charge is 2.27. The molecule has 2 amide bonds. The fourth-order valence-corrected chi connectivity index (χ4v) is 4.31. The summed E-state index contributed by atoms with van der Waals surface area (Å²) in [5.41, 5.74) is 0. The molecule has 6 heteroatoms. The summed E-state index contributed by atoms with van der Waals surface area (Å²) >= 11 is 0. The second-order valence-electron chi connectivity index (χ2n) is 8.24. The summed E-state index contributed by atoms with van der Waals surface area (Å²) in [6.07, 6.45) is 11.2. The van der Waals surface area contributed by atoms with Gasteiger partial charge >= 0.3 is 0 Å². The number of aromatic nitrogens is 2. The molecule has 6 nitrogen and oxygen atoms in total. The highest BCUT2D eigenvalue weighted by atomic mass is 16.2. The molecule has 27 heavy (non-hydrogen) atoms. The molecule has 150 valence electrons. The predicted octanol–water partition coefficient (Wildman–Crippen LogP) is 3.35. The SMILES string of the molecule is CC(C)n1ccnc1C1CCN(C(=O)CCC(=O)N2CCCCCC2)CC1. The highest BCUT2D eigenvalue weighted by molar-refractivity contribution is 5.83. The number of hydrogen-bond donors (Lipinski definition) is 0. The van der Waals surface area contributed by atoms with Crippen molar-refractivity contribution in [1.29, 1.82) is 0 Å². The van der Waals surface area contributed by atoms with E-state index in [0.717, 1.165) is 57.7 Å². The molecule has 0 N–H and O–H groups in total. The smallest absolute Gasteiger partial charge is 0.223 e. The quantitative estimate of drug-likeness (QED) is 0.794. The van der Waals surface area contributed by atoms with Crippen LogP contribution in [0.15, 0.2) is 12.4 Å². The number of likely N-dealkylation sites (tertiary alicyclic amines) is 2. The van der Waals surface area contributed by atoms with Gasteiger partial charge in [-0.25, -0.2) is 4.98 Å². The van der Waals surface area contributed by atoms with Crippen LogP contribution in [-0.2, 0) is 9.59 Å². The fourth-order valence-electron chi connectivity index (χ4n) is 4.31. The number of carbonyl (C=O) groups excluding carboxylic acids is 2. The van der Waals surface area contributed by atoms with Crippen LogP contribution in [0.3, 0.4) is 0 Å². The Hall–Kier alpha value is -1.85. The first-order chi connectivity index (χ1) is 13.1. The Kier molecular flexibility index (Phi) is 6.91. The summed E-state index contributed by atoms with van der Waals surface area (Å²) in [5.74, 6) is 1.85. The molecule has 1 aromatic rings. The first kappa shape index (κ1) is 19.9. The second kappa shape index (κ2) is 9.38. The number of nitrogens with zero attached hydrogens (tertiary/aromatic N) is 4. The number of rotatable bonds is 5. The summed E-state index contributed by atoms with van der Waals surface area (Å²) in [6.45, 7) is 7.61. The molecule has 2 aliphatic heterocycles. The molecular formula is C21H34N4O2. The Morgan fingerprint density at radius 1 is 0.963 bits per heavy atom. The van der Waals surface area contributed by atoms with E-state index in [1.54, 1.807) is 0 Å². The molecule has 0 unspecified atom stereocenters. The van der Waals surface area contributed by atoms with E-state index in [-0.39, 0.29) is 11.8 Å². The van der Waals surface area contributed by atoms with Gasteiger partial charge in [0.2, 0.25) is 11.8 Å². The largest absolute Gasteiger partial charge is 0.343 e. The van der Waals surface area contributed by atoms with E-state index in [1.165, 1.54) is 12.8 Å². The van der Waals surface area contributed by atoms with E-state index in [2.05, 4.69) is 23.4 Å². The average Bonchev–Trinajstić information content (AvgIpc) is 3.01. The molecule has 3 heterocycles. The van der Waals surface area contributed by atoms with Crippen molar-refractivity contribution in [2.24, 2.45) is 0 Å². The van der Waals surface area contributed by atoms with Crippen molar-refractivity contribution in [2.75, 3.05) is 26.2 Å². The van der Waals surface area contributed by atoms with Crippen molar-refractivity contribution < 1.29 is 9.59 Å². The molecule has 0 saturated carbocycles. The second-order valence-corrected chi connectivity index (χ2v) is 8.24. The summed E-state index contributed by atoms with van der Waals surface area (Å²) in [4.78, 5) is 33.4. The monoisotopic (exact) mass is 374 g/mol. The number of imidazole rings is 1. The van der Waals surface area contributed by atoms with Gasteiger partial charge in [0.15, 0.2) is 0 Å². The Labute approximate surface area is 162 Å². The molecule has 1 aromatic heterocycles. The van der Waals surface area contributed by atoms with Crippen LogP contribution in [0.5, 0.6) is 0 Å². The maximum atomic E-state index is 12.6. The molecular weight excluding hydrogens is 340 g/mol. The van der Waals surface area contributed by atoms with Crippen LogP contribution in [0.1, 0.15) is 83.0 Å². The molecule has 0 spiro atoms. The minimum Gasteiger partial charge on any atom is -0.343 e. The molecule has 3 rings (SSSR count). The average molecular weight is 375 g/mol. The zero-order valence-corrected chi connectivity index (χ0v) is 16.9. The van der Waals surface area contributed by atoms with Crippen LogP contribution >= 0.6 is 0 Å². The number of piperidine rings is 1. The van der Waals surface area contributed by atoms with Crippen molar-refractivity contribution >= 4 is 11.8 Å². The van der Waals surface area contributed by atoms with E-state index < -0.39 is 0 Å². The van der Waals surface area contributed by atoms with Gasteiger partial charge in [-0.1, -0.05) is 12.8 Å². The van der Waals surface area contributed by atoms with Crippen LogP contribution in [0.4, 0.5) is 0 Å². The number of amides is 2. The Morgan fingerprint density at radius 3 is 2.07 bits per heavy atom. The third-order valence-electron chi connectivity index (χ3n) is 5.98. The Balaban J connectivity index is 1.44. The summed E-state index contributed by atoms with van der Waals surface area (Å²) < 4.78 is 2.24. The molecule has 2 saturated heterocycles. The van der Waals surface area contributed by atoms with Gasteiger partial charge < -0.3 is 14.4 Å². The maximum absolute atomic E-state index is 12.6. The molecule has 2 fully saturated rings. The predicted molar refractivity (Wildman–Crippen MR) is 105 cm³/mol. The van der Waals surface area contributed by atoms with Gasteiger partial charge in [-0.2, -0.15) is 0 Å². The van der Waals surface area contributed by atoms with E-state index in [4.69, 9.17) is 0 Å². The lowest BCUT2D eigenvalue weighted by atomic mass is 9.95. The van der Waals surface area contributed by atoms with E-state index in [9.17, 15) is 9.59 Å². The fraction of sp³-hybridized carbons (Fsp3) is 0.762. The lowest BCUT2D eigenvalue weighted by Gasteiger charge is -2.32. The first-order valence-corrected chi connectivity index (χ1v) is 10.6. The third kappa shape index (κ3) is 5.11. The molecule has 0 bridgehead atoms. The standard InChI is InChI=1S/C21H34N4O2/c1-17(2)25-16-11-22-21(25)18-9-14-24(15-10-18)20(27)8-7-19(26)23-12-5-3-4-6-13-23/h11,16-18H,3-10,12-15H2,1-2H3. The maximum Gasteiger partial charge on any atom is 0.223 e. The minimum atomic E-state index is 0.129. The molecule has 0 aliphatic carbocycles. The van der Waals surface area contributed by atoms with E-state index in [1.807, 2.05) is 22.2 Å². The first-order valence-electron chi connectivity index (χ1n) is 10.6. The molecule has 2 aliphatic rings. The van der Waals surface area contributed by atoms with Gasteiger partial charge in [-0.3, -0.25) is 9.59 Å². The summed E-state index contributed by atoms with van der Waals surface area (Å²) in [7, 11) is 0. The van der Waals surface area contributed by atoms with Gasteiger partial charge in [-0.15, -0.1) is 0 Å². The van der Waals surface area contributed by atoms with Crippen molar-refractivity contribution in [3.8, 4) is 0 Å². The lowest BCUT2D eigenvalue weighted by molar-refractivity contribution is -0.137. The van der Waals surface area contributed by atoms with Gasteiger partial charge in [-0.05, 0) is 39.5 Å². The normalized spacial score (nSPS) is 19.4. The zero-order chi connectivity index (χ0) is 19.2. The lowest BCUT2D eigenvalue weighted by Crippen LogP contribution is -2.39.